The van der Waals surface area contributed by atoms with Crippen molar-refractivity contribution in [2.75, 3.05) is 0 Å². The van der Waals surface area contributed by atoms with Crippen LogP contribution < -0.4 is 5.56 Å². The fraction of sp³-hybridized carbons (Fsp3) is 0. The average Bonchev–Trinajstić information content (AvgIpc) is 2.37. The first kappa shape index (κ1) is 13.1. The predicted molar refractivity (Wildman–Crippen MR) is 72.9 cm³/mol. The van der Waals surface area contributed by atoms with Crippen LogP contribution in [0.4, 0.5) is 0 Å². The Hall–Kier alpha value is -1.29. The van der Waals surface area contributed by atoms with Gasteiger partial charge in [0, 0.05) is 11.1 Å². The summed E-state index contributed by atoms with van der Waals surface area (Å²) >= 11 is 17.8. The maximum atomic E-state index is 11.8. The van der Waals surface area contributed by atoms with Crippen LogP contribution in [0.2, 0.25) is 15.1 Å². The molecule has 0 aliphatic heterocycles. The van der Waals surface area contributed by atoms with Crippen molar-refractivity contribution in [3.8, 4) is 11.1 Å². The van der Waals surface area contributed by atoms with Crippen molar-refractivity contribution < 1.29 is 4.79 Å². The highest BCUT2D eigenvalue weighted by Gasteiger charge is 2.13. The SMILES string of the molecule is O=Cc1ccc(-c2ccc(Cl)c(Cl)c2Cl)c(=O)[nH]1. The van der Waals surface area contributed by atoms with Gasteiger partial charge in [-0.25, -0.2) is 0 Å². The van der Waals surface area contributed by atoms with Crippen LogP contribution in [0.1, 0.15) is 10.5 Å². The largest absolute Gasteiger partial charge is 0.319 e. The molecule has 3 nitrogen and oxygen atoms in total. The van der Waals surface area contributed by atoms with E-state index < -0.39 is 5.56 Å². The number of rotatable bonds is 2. The van der Waals surface area contributed by atoms with Gasteiger partial charge in [0.05, 0.1) is 20.8 Å². The number of carbonyl (C=O) groups is 1. The molecular weight excluding hydrogens is 296 g/mol. The van der Waals surface area contributed by atoms with Crippen molar-refractivity contribution in [2.24, 2.45) is 0 Å². The van der Waals surface area contributed by atoms with Crippen LogP contribution >= 0.6 is 34.8 Å². The third-order valence-corrected chi connectivity index (χ3v) is 3.68. The van der Waals surface area contributed by atoms with Gasteiger partial charge in [-0.05, 0) is 18.2 Å². The normalized spacial score (nSPS) is 10.4. The van der Waals surface area contributed by atoms with Crippen LogP contribution in [0.25, 0.3) is 11.1 Å². The smallest absolute Gasteiger partial charge is 0.256 e. The summed E-state index contributed by atoms with van der Waals surface area (Å²) in [6, 6.07) is 6.15. The number of aromatic amines is 1. The lowest BCUT2D eigenvalue weighted by molar-refractivity contribution is 0.111. The molecule has 0 aliphatic rings. The summed E-state index contributed by atoms with van der Waals surface area (Å²) in [5, 5.41) is 0.703. The molecule has 1 aromatic heterocycles. The Kier molecular flexibility index (Phi) is 3.76. The standard InChI is InChI=1S/C12H6Cl3NO2/c13-9-4-3-7(10(14)11(9)15)8-2-1-6(5-17)16-12(8)18/h1-5H,(H,16,18). The van der Waals surface area contributed by atoms with Gasteiger partial charge in [0.15, 0.2) is 6.29 Å². The minimum absolute atomic E-state index is 0.190. The monoisotopic (exact) mass is 301 g/mol. The Morgan fingerprint density at radius 3 is 2.22 bits per heavy atom. The molecule has 92 valence electrons. The highest BCUT2D eigenvalue weighted by atomic mass is 35.5. The molecule has 0 saturated heterocycles. The van der Waals surface area contributed by atoms with Crippen molar-refractivity contribution in [2.45, 2.75) is 0 Å². The molecule has 1 aromatic carbocycles. The summed E-state index contributed by atoms with van der Waals surface area (Å²) < 4.78 is 0. The molecule has 0 amide bonds. The number of hydrogen-bond donors (Lipinski definition) is 1. The molecule has 0 atom stereocenters. The lowest BCUT2D eigenvalue weighted by atomic mass is 10.1. The number of aldehydes is 1. The van der Waals surface area contributed by atoms with Gasteiger partial charge in [0.25, 0.3) is 5.56 Å². The summed E-state index contributed by atoms with van der Waals surface area (Å²) in [7, 11) is 0. The predicted octanol–water partition coefficient (Wildman–Crippen LogP) is 3.81. The zero-order chi connectivity index (χ0) is 13.3. The Balaban J connectivity index is 2.66. The Morgan fingerprint density at radius 2 is 1.61 bits per heavy atom. The van der Waals surface area contributed by atoms with E-state index in [1.807, 2.05) is 0 Å². The Bertz CT molecular complexity index is 680. The molecule has 0 bridgehead atoms. The van der Waals surface area contributed by atoms with Crippen LogP contribution in [0, 0.1) is 0 Å². The number of carbonyl (C=O) groups excluding carboxylic acids is 1. The molecule has 0 fully saturated rings. The minimum atomic E-state index is -0.417. The van der Waals surface area contributed by atoms with E-state index >= 15 is 0 Å². The fourth-order valence-electron chi connectivity index (χ4n) is 1.50. The number of benzene rings is 1. The Morgan fingerprint density at radius 1 is 0.944 bits per heavy atom. The molecule has 0 saturated carbocycles. The molecular formula is C12H6Cl3NO2. The lowest BCUT2D eigenvalue weighted by Crippen LogP contribution is -2.11. The zero-order valence-electron chi connectivity index (χ0n) is 8.84. The van der Waals surface area contributed by atoms with E-state index in [4.69, 9.17) is 34.8 Å². The molecule has 0 spiro atoms. The summed E-state index contributed by atoms with van der Waals surface area (Å²) in [4.78, 5) is 24.8. The molecule has 1 heterocycles. The van der Waals surface area contributed by atoms with E-state index in [-0.39, 0.29) is 15.7 Å². The number of H-pyrrole nitrogens is 1. The first-order valence-electron chi connectivity index (χ1n) is 4.87. The van der Waals surface area contributed by atoms with E-state index in [1.165, 1.54) is 12.1 Å². The zero-order valence-corrected chi connectivity index (χ0v) is 11.1. The van der Waals surface area contributed by atoms with Crippen molar-refractivity contribution in [3.63, 3.8) is 0 Å². The number of aromatic nitrogens is 1. The van der Waals surface area contributed by atoms with E-state index in [0.29, 0.717) is 22.4 Å². The van der Waals surface area contributed by atoms with Gasteiger partial charge in [0.1, 0.15) is 0 Å². The summed E-state index contributed by atoms with van der Waals surface area (Å²) in [6.07, 6.45) is 0.557. The van der Waals surface area contributed by atoms with Gasteiger partial charge in [-0.1, -0.05) is 40.9 Å². The molecule has 1 N–H and O–H groups in total. The quantitative estimate of drug-likeness (QED) is 0.677. The van der Waals surface area contributed by atoms with E-state index in [0.717, 1.165) is 0 Å². The molecule has 6 heteroatoms. The minimum Gasteiger partial charge on any atom is -0.319 e. The molecule has 18 heavy (non-hydrogen) atoms. The summed E-state index contributed by atoms with van der Waals surface area (Å²) in [5.74, 6) is 0. The third-order valence-electron chi connectivity index (χ3n) is 2.38. The second-order valence-corrected chi connectivity index (χ2v) is 4.66. The summed E-state index contributed by atoms with van der Waals surface area (Å²) in [6.45, 7) is 0. The van der Waals surface area contributed by atoms with Crippen molar-refractivity contribution in [1.29, 1.82) is 0 Å². The highest BCUT2D eigenvalue weighted by Crippen LogP contribution is 2.36. The van der Waals surface area contributed by atoms with Gasteiger partial charge in [0.2, 0.25) is 0 Å². The van der Waals surface area contributed by atoms with E-state index in [9.17, 15) is 9.59 Å². The molecule has 0 unspecified atom stereocenters. The van der Waals surface area contributed by atoms with Crippen LogP contribution in [-0.2, 0) is 0 Å². The number of nitrogens with one attached hydrogen (secondary N) is 1. The highest BCUT2D eigenvalue weighted by molar-refractivity contribution is 6.49. The van der Waals surface area contributed by atoms with Gasteiger partial charge in [-0.3, -0.25) is 9.59 Å². The summed E-state index contributed by atoms with van der Waals surface area (Å²) in [5.41, 5.74) is 0.564. The first-order chi connectivity index (χ1) is 8.54. The second kappa shape index (κ2) is 5.14. The first-order valence-corrected chi connectivity index (χ1v) is 6.00. The third kappa shape index (κ3) is 2.29. The number of halogens is 3. The van der Waals surface area contributed by atoms with Crippen molar-refractivity contribution >= 4 is 41.1 Å². The van der Waals surface area contributed by atoms with Crippen LogP contribution in [-0.4, -0.2) is 11.3 Å². The van der Waals surface area contributed by atoms with Crippen LogP contribution in [0.5, 0.6) is 0 Å². The van der Waals surface area contributed by atoms with Crippen molar-refractivity contribution in [1.82, 2.24) is 4.98 Å². The van der Waals surface area contributed by atoms with Crippen LogP contribution in [0.3, 0.4) is 0 Å². The molecule has 2 aromatic rings. The maximum absolute atomic E-state index is 11.8. The molecule has 2 rings (SSSR count). The topological polar surface area (TPSA) is 49.9 Å². The van der Waals surface area contributed by atoms with Crippen molar-refractivity contribution in [3.05, 3.63) is 55.4 Å². The van der Waals surface area contributed by atoms with Crippen LogP contribution in [0.15, 0.2) is 29.1 Å². The lowest BCUT2D eigenvalue weighted by Gasteiger charge is -2.06. The van der Waals surface area contributed by atoms with Gasteiger partial charge < -0.3 is 4.98 Å². The van der Waals surface area contributed by atoms with E-state index in [2.05, 4.69) is 4.98 Å². The van der Waals surface area contributed by atoms with E-state index in [1.54, 1.807) is 12.1 Å². The molecule has 0 radical (unpaired) electrons. The second-order valence-electron chi connectivity index (χ2n) is 3.50. The number of hydrogen-bond acceptors (Lipinski definition) is 2. The maximum Gasteiger partial charge on any atom is 0.256 e. The van der Waals surface area contributed by atoms with Gasteiger partial charge >= 0.3 is 0 Å². The van der Waals surface area contributed by atoms with Gasteiger partial charge in [-0.2, -0.15) is 0 Å². The molecule has 0 aliphatic carbocycles. The van der Waals surface area contributed by atoms with Gasteiger partial charge in [-0.15, -0.1) is 0 Å². The number of pyridine rings is 1. The fourth-order valence-corrected chi connectivity index (χ4v) is 2.14. The Labute approximate surface area is 117 Å². The average molecular weight is 303 g/mol.